The van der Waals surface area contributed by atoms with Crippen LogP contribution < -0.4 is 9.47 Å². The van der Waals surface area contributed by atoms with Gasteiger partial charge in [-0.3, -0.25) is 4.79 Å². The predicted octanol–water partition coefficient (Wildman–Crippen LogP) is 4.13. The summed E-state index contributed by atoms with van der Waals surface area (Å²) in [6, 6.07) is 10.1. The number of esters is 1. The zero-order chi connectivity index (χ0) is 16.6. The van der Waals surface area contributed by atoms with Crippen molar-refractivity contribution < 1.29 is 23.0 Å². The Kier molecular flexibility index (Phi) is 3.80. The van der Waals surface area contributed by atoms with Gasteiger partial charge in [-0.15, -0.1) is 0 Å². The van der Waals surface area contributed by atoms with Crippen LogP contribution in [-0.4, -0.2) is 5.97 Å². The summed E-state index contributed by atoms with van der Waals surface area (Å²) in [5, 5.41) is 0. The van der Waals surface area contributed by atoms with Crippen LogP contribution in [0.1, 0.15) is 31.4 Å². The molecule has 0 saturated carbocycles. The van der Waals surface area contributed by atoms with Gasteiger partial charge in [0.2, 0.25) is 0 Å². The molecule has 23 heavy (non-hydrogen) atoms. The van der Waals surface area contributed by atoms with Crippen LogP contribution in [-0.2, 0) is 16.8 Å². The van der Waals surface area contributed by atoms with Crippen LogP contribution in [0.4, 0.5) is 8.78 Å². The average molecular weight is 318 g/mol. The molecule has 0 N–H and O–H groups in total. The summed E-state index contributed by atoms with van der Waals surface area (Å²) in [6.45, 7) is 3.48. The first kappa shape index (κ1) is 15.5. The molecule has 2 aromatic rings. The van der Waals surface area contributed by atoms with Crippen molar-refractivity contribution in [2.75, 3.05) is 0 Å². The number of ether oxygens (including phenoxy) is 2. The monoisotopic (exact) mass is 318 g/mol. The van der Waals surface area contributed by atoms with Gasteiger partial charge < -0.3 is 9.47 Å². The molecule has 0 fully saturated rings. The quantitative estimate of drug-likeness (QED) is 0.630. The minimum Gasteiger partial charge on any atom is -0.483 e. The lowest BCUT2D eigenvalue weighted by atomic mass is 9.79. The van der Waals surface area contributed by atoms with E-state index in [1.807, 2.05) is 18.2 Å². The Labute approximate surface area is 132 Å². The van der Waals surface area contributed by atoms with E-state index in [0.29, 0.717) is 0 Å². The van der Waals surface area contributed by atoms with Gasteiger partial charge in [0.05, 0.1) is 6.42 Å². The minimum atomic E-state index is -0.886. The molecule has 5 heteroatoms. The van der Waals surface area contributed by atoms with Crippen LogP contribution in [0.15, 0.2) is 36.4 Å². The number of halogens is 2. The molecule has 0 aliphatic carbocycles. The molecule has 0 atom stereocenters. The van der Waals surface area contributed by atoms with Gasteiger partial charge in [0, 0.05) is 17.0 Å². The second kappa shape index (κ2) is 5.65. The highest BCUT2D eigenvalue weighted by Gasteiger charge is 2.39. The van der Waals surface area contributed by atoms with Crippen LogP contribution in [0.25, 0.3) is 0 Å². The molecule has 0 saturated heterocycles. The lowest BCUT2D eigenvalue weighted by Gasteiger charge is -2.31. The molecule has 0 spiro atoms. The fraction of sp³-hybridized carbons (Fsp3) is 0.278. The summed E-state index contributed by atoms with van der Waals surface area (Å²) < 4.78 is 39.3. The Morgan fingerprint density at radius 2 is 1.91 bits per heavy atom. The van der Waals surface area contributed by atoms with E-state index in [-0.39, 0.29) is 24.3 Å². The minimum absolute atomic E-state index is 0.0285. The highest BCUT2D eigenvalue weighted by atomic mass is 19.1. The number of rotatable bonds is 3. The Balaban J connectivity index is 1.98. The van der Waals surface area contributed by atoms with Gasteiger partial charge >= 0.3 is 5.97 Å². The van der Waals surface area contributed by atoms with Gasteiger partial charge in [0.1, 0.15) is 12.4 Å². The SMILES string of the molecule is CC1(C)CC(=O)Oc2cc(F)c(OCc3ccccc3)c(F)c21. The normalized spacial score (nSPS) is 15.7. The average Bonchev–Trinajstić information content (AvgIpc) is 2.45. The number of hydrogen-bond acceptors (Lipinski definition) is 3. The molecule has 1 heterocycles. The summed E-state index contributed by atoms with van der Waals surface area (Å²) in [6.07, 6.45) is 0.0285. The zero-order valence-corrected chi connectivity index (χ0v) is 12.9. The van der Waals surface area contributed by atoms with Crippen molar-refractivity contribution in [1.29, 1.82) is 0 Å². The molecule has 2 aromatic carbocycles. The lowest BCUT2D eigenvalue weighted by molar-refractivity contribution is -0.137. The standard InChI is InChI=1S/C18H16F2O3/c1-18(2)9-14(21)23-13-8-12(19)17(16(20)15(13)18)22-10-11-6-4-3-5-7-11/h3-8H,9-10H2,1-2H3. The highest BCUT2D eigenvalue weighted by Crippen LogP contribution is 2.44. The molecule has 0 unspecified atom stereocenters. The molecule has 3 nitrogen and oxygen atoms in total. The van der Waals surface area contributed by atoms with Crippen molar-refractivity contribution in [1.82, 2.24) is 0 Å². The number of fused-ring (bicyclic) bond motifs is 1. The van der Waals surface area contributed by atoms with Crippen molar-refractivity contribution in [3.05, 3.63) is 59.2 Å². The molecule has 3 rings (SSSR count). The molecule has 0 aromatic heterocycles. The van der Waals surface area contributed by atoms with E-state index in [9.17, 15) is 13.6 Å². The highest BCUT2D eigenvalue weighted by molar-refractivity contribution is 5.78. The van der Waals surface area contributed by atoms with Crippen molar-refractivity contribution in [2.24, 2.45) is 0 Å². The van der Waals surface area contributed by atoms with E-state index >= 15 is 0 Å². The van der Waals surface area contributed by atoms with Crippen molar-refractivity contribution in [3.63, 3.8) is 0 Å². The number of carbonyl (C=O) groups is 1. The van der Waals surface area contributed by atoms with Crippen LogP contribution >= 0.6 is 0 Å². The third kappa shape index (κ3) is 2.91. The van der Waals surface area contributed by atoms with Crippen LogP contribution in [0.5, 0.6) is 11.5 Å². The van der Waals surface area contributed by atoms with Gasteiger partial charge in [-0.1, -0.05) is 44.2 Å². The number of benzene rings is 2. The fourth-order valence-corrected chi connectivity index (χ4v) is 2.76. The Morgan fingerprint density at radius 3 is 2.61 bits per heavy atom. The van der Waals surface area contributed by atoms with Gasteiger partial charge in [0.25, 0.3) is 0 Å². The maximum Gasteiger partial charge on any atom is 0.312 e. The third-order valence-corrected chi connectivity index (χ3v) is 3.85. The largest absolute Gasteiger partial charge is 0.483 e. The van der Waals surface area contributed by atoms with E-state index in [1.165, 1.54) is 0 Å². The van der Waals surface area contributed by atoms with E-state index in [0.717, 1.165) is 11.6 Å². The smallest absolute Gasteiger partial charge is 0.312 e. The Morgan fingerprint density at radius 1 is 1.22 bits per heavy atom. The van der Waals surface area contributed by atoms with E-state index in [2.05, 4.69) is 0 Å². The topological polar surface area (TPSA) is 35.5 Å². The zero-order valence-electron chi connectivity index (χ0n) is 12.9. The van der Waals surface area contributed by atoms with Gasteiger partial charge in [-0.25, -0.2) is 8.78 Å². The van der Waals surface area contributed by atoms with Crippen LogP contribution in [0.3, 0.4) is 0 Å². The first-order chi connectivity index (χ1) is 10.9. The molecule has 0 radical (unpaired) electrons. The molecular formula is C18H16F2O3. The number of carbonyl (C=O) groups excluding carboxylic acids is 1. The summed E-state index contributed by atoms with van der Waals surface area (Å²) in [4.78, 5) is 11.6. The van der Waals surface area contributed by atoms with Gasteiger partial charge in [-0.05, 0) is 5.56 Å². The second-order valence-corrected chi connectivity index (χ2v) is 6.18. The van der Waals surface area contributed by atoms with Crippen LogP contribution in [0, 0.1) is 11.6 Å². The Bertz CT molecular complexity index is 755. The van der Waals surface area contributed by atoms with E-state index in [1.54, 1.807) is 26.0 Å². The van der Waals surface area contributed by atoms with Crippen molar-refractivity contribution >= 4 is 5.97 Å². The lowest BCUT2D eigenvalue weighted by Crippen LogP contribution is -2.32. The third-order valence-electron chi connectivity index (χ3n) is 3.85. The molecule has 1 aliphatic rings. The second-order valence-electron chi connectivity index (χ2n) is 6.18. The van der Waals surface area contributed by atoms with Gasteiger partial charge in [0.15, 0.2) is 17.4 Å². The van der Waals surface area contributed by atoms with Crippen LogP contribution in [0.2, 0.25) is 0 Å². The summed E-state index contributed by atoms with van der Waals surface area (Å²) in [5.41, 5.74) is 0.184. The molecular weight excluding hydrogens is 302 g/mol. The van der Waals surface area contributed by atoms with E-state index < -0.39 is 28.8 Å². The molecule has 120 valence electrons. The van der Waals surface area contributed by atoms with Gasteiger partial charge in [-0.2, -0.15) is 0 Å². The molecule has 0 bridgehead atoms. The fourth-order valence-electron chi connectivity index (χ4n) is 2.76. The number of hydrogen-bond donors (Lipinski definition) is 0. The Hall–Kier alpha value is -2.43. The first-order valence-corrected chi connectivity index (χ1v) is 7.28. The van der Waals surface area contributed by atoms with Crippen molar-refractivity contribution in [3.8, 4) is 11.5 Å². The maximum atomic E-state index is 14.8. The summed E-state index contributed by atoms with van der Waals surface area (Å²) in [5.74, 6) is -2.72. The first-order valence-electron chi connectivity index (χ1n) is 7.28. The van der Waals surface area contributed by atoms with E-state index in [4.69, 9.17) is 9.47 Å². The molecule has 1 aliphatic heterocycles. The summed E-state index contributed by atoms with van der Waals surface area (Å²) >= 11 is 0. The molecule has 0 amide bonds. The maximum absolute atomic E-state index is 14.8. The summed E-state index contributed by atoms with van der Waals surface area (Å²) in [7, 11) is 0. The van der Waals surface area contributed by atoms with Crippen molar-refractivity contribution in [2.45, 2.75) is 32.3 Å². The predicted molar refractivity (Wildman–Crippen MR) is 80.4 cm³/mol.